The second kappa shape index (κ2) is 7.44. The van der Waals surface area contributed by atoms with Crippen molar-refractivity contribution in [2.45, 2.75) is 13.3 Å². The van der Waals surface area contributed by atoms with Crippen molar-refractivity contribution in [3.8, 4) is 5.75 Å². The van der Waals surface area contributed by atoms with Crippen LogP contribution in [-0.2, 0) is 6.42 Å². The Hall–Kier alpha value is -2.73. The summed E-state index contributed by atoms with van der Waals surface area (Å²) < 4.78 is 18.6. The van der Waals surface area contributed by atoms with Crippen molar-refractivity contribution >= 4 is 22.4 Å². The van der Waals surface area contributed by atoms with Gasteiger partial charge < -0.3 is 4.74 Å². The van der Waals surface area contributed by atoms with Crippen LogP contribution in [0.3, 0.4) is 0 Å². The van der Waals surface area contributed by atoms with E-state index in [-0.39, 0.29) is 11.3 Å². The lowest BCUT2D eigenvalue weighted by Gasteiger charge is -2.05. The largest absolute Gasteiger partial charge is 0.494 e. The summed E-state index contributed by atoms with van der Waals surface area (Å²) in [5, 5.41) is 3.19. The average molecular weight is 356 g/mol. The molecule has 2 aromatic carbocycles. The van der Waals surface area contributed by atoms with Crippen molar-refractivity contribution in [2.24, 2.45) is 0 Å². The van der Waals surface area contributed by atoms with Gasteiger partial charge in [-0.1, -0.05) is 29.8 Å². The van der Waals surface area contributed by atoms with Crippen molar-refractivity contribution < 1.29 is 13.9 Å². The molecule has 0 radical (unpaired) electrons. The Morgan fingerprint density at radius 2 is 2.00 bits per heavy atom. The van der Waals surface area contributed by atoms with Crippen LogP contribution in [-0.4, -0.2) is 18.0 Å². The number of nitrogens with zero attached hydrogens (tertiary/aromatic N) is 1. The van der Waals surface area contributed by atoms with Gasteiger partial charge in [0.05, 0.1) is 7.11 Å². The van der Waals surface area contributed by atoms with Gasteiger partial charge in [0, 0.05) is 23.1 Å². The Kier molecular flexibility index (Phi) is 5.09. The van der Waals surface area contributed by atoms with E-state index < -0.39 is 11.7 Å². The van der Waals surface area contributed by atoms with E-state index in [1.165, 1.54) is 41.7 Å². The first-order chi connectivity index (χ1) is 12.0. The second-order valence-electron chi connectivity index (χ2n) is 5.60. The van der Waals surface area contributed by atoms with Gasteiger partial charge in [0.25, 0.3) is 5.91 Å². The van der Waals surface area contributed by atoms with Gasteiger partial charge in [0.2, 0.25) is 0 Å². The molecule has 1 heterocycles. The van der Waals surface area contributed by atoms with Gasteiger partial charge >= 0.3 is 0 Å². The van der Waals surface area contributed by atoms with E-state index in [0.717, 1.165) is 17.4 Å². The second-order valence-corrected chi connectivity index (χ2v) is 6.71. The standard InChI is InChI=1S/C19H17FN2O2S/c1-12-3-5-13(6-4-12)9-15-11-21-19(25-15)22-18(23)14-7-8-17(24-2)16(20)10-14/h3-8,10-11H,9H2,1-2H3,(H,21,22,23). The summed E-state index contributed by atoms with van der Waals surface area (Å²) in [6.45, 7) is 2.05. The molecule has 4 nitrogen and oxygen atoms in total. The summed E-state index contributed by atoms with van der Waals surface area (Å²) in [6.07, 6.45) is 2.50. The summed E-state index contributed by atoms with van der Waals surface area (Å²) in [4.78, 5) is 17.5. The molecule has 6 heteroatoms. The normalized spacial score (nSPS) is 10.5. The summed E-state index contributed by atoms with van der Waals surface area (Å²) in [6, 6.07) is 12.4. The quantitative estimate of drug-likeness (QED) is 0.735. The first-order valence-corrected chi connectivity index (χ1v) is 8.52. The number of carbonyl (C=O) groups is 1. The van der Waals surface area contributed by atoms with Crippen molar-refractivity contribution in [3.63, 3.8) is 0 Å². The summed E-state index contributed by atoms with van der Waals surface area (Å²) >= 11 is 1.41. The Morgan fingerprint density at radius 3 is 2.68 bits per heavy atom. The monoisotopic (exact) mass is 356 g/mol. The van der Waals surface area contributed by atoms with Gasteiger partial charge in [-0.25, -0.2) is 9.37 Å². The van der Waals surface area contributed by atoms with Crippen LogP contribution in [0.15, 0.2) is 48.7 Å². The summed E-state index contributed by atoms with van der Waals surface area (Å²) in [7, 11) is 1.38. The van der Waals surface area contributed by atoms with E-state index in [1.54, 1.807) is 6.20 Å². The number of halogens is 1. The number of hydrogen-bond donors (Lipinski definition) is 1. The highest BCUT2D eigenvalue weighted by molar-refractivity contribution is 7.15. The number of carbonyl (C=O) groups excluding carboxylic acids is 1. The maximum atomic E-state index is 13.7. The minimum absolute atomic E-state index is 0.103. The lowest BCUT2D eigenvalue weighted by Crippen LogP contribution is -2.12. The Labute approximate surface area is 149 Å². The molecule has 0 spiro atoms. The molecule has 0 saturated heterocycles. The van der Waals surface area contributed by atoms with Crippen LogP contribution in [0.1, 0.15) is 26.4 Å². The number of ether oxygens (including phenoxy) is 1. The minimum Gasteiger partial charge on any atom is -0.494 e. The number of nitrogens with one attached hydrogen (secondary N) is 1. The number of methoxy groups -OCH3 is 1. The molecule has 0 aliphatic heterocycles. The number of hydrogen-bond acceptors (Lipinski definition) is 4. The van der Waals surface area contributed by atoms with Gasteiger partial charge in [-0.2, -0.15) is 0 Å². The number of thiazole rings is 1. The third-order valence-electron chi connectivity index (χ3n) is 3.69. The van der Waals surface area contributed by atoms with E-state index in [0.29, 0.717) is 5.13 Å². The van der Waals surface area contributed by atoms with Gasteiger partial charge in [0.15, 0.2) is 16.7 Å². The maximum absolute atomic E-state index is 13.7. The van der Waals surface area contributed by atoms with Crippen LogP contribution in [0.4, 0.5) is 9.52 Å². The molecular weight excluding hydrogens is 339 g/mol. The van der Waals surface area contributed by atoms with Crippen molar-refractivity contribution in [1.82, 2.24) is 4.98 Å². The van der Waals surface area contributed by atoms with Crippen molar-refractivity contribution in [2.75, 3.05) is 12.4 Å². The van der Waals surface area contributed by atoms with Gasteiger partial charge in [-0.3, -0.25) is 10.1 Å². The Morgan fingerprint density at radius 1 is 1.24 bits per heavy atom. The highest BCUT2D eigenvalue weighted by atomic mass is 32.1. The molecule has 3 aromatic rings. The highest BCUT2D eigenvalue weighted by Crippen LogP contribution is 2.23. The first-order valence-electron chi connectivity index (χ1n) is 7.70. The molecule has 0 atom stereocenters. The van der Waals surface area contributed by atoms with E-state index in [9.17, 15) is 9.18 Å². The number of anilines is 1. The van der Waals surface area contributed by atoms with Crippen molar-refractivity contribution in [3.05, 3.63) is 76.0 Å². The van der Waals surface area contributed by atoms with Crippen LogP contribution in [0.2, 0.25) is 0 Å². The fraction of sp³-hybridized carbons (Fsp3) is 0.158. The Balaban J connectivity index is 1.67. The highest BCUT2D eigenvalue weighted by Gasteiger charge is 2.12. The molecular formula is C19H17FN2O2S. The predicted octanol–water partition coefficient (Wildman–Crippen LogP) is 4.44. The zero-order valence-corrected chi connectivity index (χ0v) is 14.7. The zero-order valence-electron chi connectivity index (χ0n) is 13.9. The number of rotatable bonds is 5. The van der Waals surface area contributed by atoms with Gasteiger partial charge in [-0.05, 0) is 30.7 Å². The third-order valence-corrected chi connectivity index (χ3v) is 4.60. The number of aryl methyl sites for hydroxylation is 1. The molecule has 0 fully saturated rings. The molecule has 25 heavy (non-hydrogen) atoms. The molecule has 0 bridgehead atoms. The minimum atomic E-state index is -0.575. The summed E-state index contributed by atoms with van der Waals surface area (Å²) in [5.41, 5.74) is 2.62. The lowest BCUT2D eigenvalue weighted by molar-refractivity contribution is 0.102. The molecule has 1 N–H and O–H groups in total. The fourth-order valence-electron chi connectivity index (χ4n) is 2.33. The molecule has 0 aliphatic rings. The van der Waals surface area contributed by atoms with Crippen LogP contribution in [0.5, 0.6) is 5.75 Å². The Bertz CT molecular complexity index is 891. The lowest BCUT2D eigenvalue weighted by atomic mass is 10.1. The summed E-state index contributed by atoms with van der Waals surface area (Å²) in [5.74, 6) is -0.877. The first kappa shape index (κ1) is 17.1. The SMILES string of the molecule is COc1ccc(C(=O)Nc2ncc(Cc3ccc(C)cc3)s2)cc1F. The van der Waals surface area contributed by atoms with Crippen LogP contribution < -0.4 is 10.1 Å². The molecule has 0 saturated carbocycles. The van der Waals surface area contributed by atoms with Crippen LogP contribution in [0, 0.1) is 12.7 Å². The van der Waals surface area contributed by atoms with Crippen LogP contribution >= 0.6 is 11.3 Å². The smallest absolute Gasteiger partial charge is 0.257 e. The average Bonchev–Trinajstić information content (AvgIpc) is 3.03. The van der Waals surface area contributed by atoms with E-state index in [4.69, 9.17) is 4.74 Å². The van der Waals surface area contributed by atoms with Gasteiger partial charge in [-0.15, -0.1) is 11.3 Å². The number of amides is 1. The van der Waals surface area contributed by atoms with E-state index in [1.807, 2.05) is 6.92 Å². The van der Waals surface area contributed by atoms with Gasteiger partial charge in [0.1, 0.15) is 0 Å². The van der Waals surface area contributed by atoms with E-state index >= 15 is 0 Å². The molecule has 0 unspecified atom stereocenters. The third kappa shape index (κ3) is 4.22. The zero-order chi connectivity index (χ0) is 17.8. The fourth-order valence-corrected chi connectivity index (χ4v) is 3.17. The van der Waals surface area contributed by atoms with Crippen LogP contribution in [0.25, 0.3) is 0 Å². The molecule has 3 rings (SSSR count). The number of benzene rings is 2. The molecule has 0 aliphatic carbocycles. The molecule has 1 amide bonds. The number of aromatic nitrogens is 1. The van der Waals surface area contributed by atoms with Crippen molar-refractivity contribution in [1.29, 1.82) is 0 Å². The maximum Gasteiger partial charge on any atom is 0.257 e. The molecule has 1 aromatic heterocycles. The van der Waals surface area contributed by atoms with E-state index in [2.05, 4.69) is 34.6 Å². The predicted molar refractivity (Wildman–Crippen MR) is 97.0 cm³/mol. The topological polar surface area (TPSA) is 51.2 Å². The molecule has 128 valence electrons.